The van der Waals surface area contributed by atoms with E-state index in [1.807, 2.05) is 26.8 Å². The lowest BCUT2D eigenvalue weighted by molar-refractivity contribution is -0.122. The van der Waals surface area contributed by atoms with E-state index < -0.39 is 0 Å². The summed E-state index contributed by atoms with van der Waals surface area (Å²) in [6, 6.07) is 4.98. The number of halogens is 1. The molecule has 0 spiro atoms. The third-order valence-electron chi connectivity index (χ3n) is 2.43. The second kappa shape index (κ2) is 6.15. The normalized spacial score (nSPS) is 12.7. The van der Waals surface area contributed by atoms with Gasteiger partial charge in [-0.05, 0) is 45.9 Å². The number of rotatable bonds is 4. The number of hydrogen-bond donors (Lipinski definition) is 2. The van der Waals surface area contributed by atoms with E-state index in [9.17, 15) is 4.79 Å². The summed E-state index contributed by atoms with van der Waals surface area (Å²) in [4.78, 5) is 11.9. The van der Waals surface area contributed by atoms with Gasteiger partial charge in [0, 0.05) is 11.2 Å². The van der Waals surface area contributed by atoms with E-state index in [0.29, 0.717) is 10.8 Å². The Morgan fingerprint density at radius 1 is 1.37 bits per heavy atom. The fourth-order valence-corrected chi connectivity index (χ4v) is 1.81. The van der Waals surface area contributed by atoms with Crippen LogP contribution in [-0.2, 0) is 4.79 Å². The number of amides is 1. The molecule has 1 aromatic carbocycles. The number of hydrogen-bond acceptors (Lipinski definition) is 3. The lowest BCUT2D eigenvalue weighted by Crippen LogP contribution is -2.47. The molecule has 106 valence electrons. The van der Waals surface area contributed by atoms with Crippen LogP contribution in [0.15, 0.2) is 18.2 Å². The van der Waals surface area contributed by atoms with Gasteiger partial charge < -0.3 is 15.4 Å². The van der Waals surface area contributed by atoms with E-state index >= 15 is 0 Å². The Morgan fingerprint density at radius 3 is 2.47 bits per heavy atom. The molecular formula is C14H21ClN2O2. The third-order valence-corrected chi connectivity index (χ3v) is 2.72. The summed E-state index contributed by atoms with van der Waals surface area (Å²) in [6.45, 7) is 7.64. The van der Waals surface area contributed by atoms with Gasteiger partial charge in [-0.2, -0.15) is 0 Å². The van der Waals surface area contributed by atoms with E-state index in [4.69, 9.17) is 16.3 Å². The molecule has 1 unspecified atom stereocenters. The van der Waals surface area contributed by atoms with Gasteiger partial charge in [0.15, 0.2) is 0 Å². The highest BCUT2D eigenvalue weighted by Gasteiger charge is 2.19. The molecule has 1 atom stereocenters. The Bertz CT molecular complexity index is 455. The van der Waals surface area contributed by atoms with Crippen molar-refractivity contribution in [2.75, 3.05) is 12.4 Å². The van der Waals surface area contributed by atoms with Gasteiger partial charge in [-0.15, -0.1) is 0 Å². The van der Waals surface area contributed by atoms with Crippen molar-refractivity contribution in [3.05, 3.63) is 23.2 Å². The molecule has 0 fully saturated rings. The van der Waals surface area contributed by atoms with Crippen molar-refractivity contribution >= 4 is 23.2 Å². The van der Waals surface area contributed by atoms with E-state index in [2.05, 4.69) is 10.6 Å². The first-order valence-corrected chi connectivity index (χ1v) is 6.53. The average Bonchev–Trinajstić information content (AvgIpc) is 2.27. The predicted octanol–water partition coefficient (Wildman–Crippen LogP) is 3.06. The largest absolute Gasteiger partial charge is 0.495 e. The van der Waals surface area contributed by atoms with Crippen LogP contribution in [0, 0.1) is 0 Å². The van der Waals surface area contributed by atoms with Crippen molar-refractivity contribution in [3.63, 3.8) is 0 Å². The Hall–Kier alpha value is -1.42. The zero-order chi connectivity index (χ0) is 14.6. The summed E-state index contributed by atoms with van der Waals surface area (Å²) in [5.41, 5.74) is 0.535. The van der Waals surface area contributed by atoms with Gasteiger partial charge in [0.2, 0.25) is 5.91 Å². The first-order chi connectivity index (χ1) is 8.73. The highest BCUT2D eigenvalue weighted by Crippen LogP contribution is 2.27. The van der Waals surface area contributed by atoms with Crippen LogP contribution in [0.3, 0.4) is 0 Å². The molecule has 1 rings (SSSR count). The van der Waals surface area contributed by atoms with E-state index in [0.717, 1.165) is 5.69 Å². The van der Waals surface area contributed by atoms with Crippen LogP contribution in [0.25, 0.3) is 0 Å². The molecule has 0 aliphatic rings. The monoisotopic (exact) mass is 284 g/mol. The highest BCUT2D eigenvalue weighted by molar-refractivity contribution is 6.32. The lowest BCUT2D eigenvalue weighted by atomic mass is 10.1. The number of carbonyl (C=O) groups is 1. The SMILES string of the molecule is COc1ccc(NC(C)C(=O)NC(C)(C)C)cc1Cl. The first-order valence-electron chi connectivity index (χ1n) is 6.15. The standard InChI is InChI=1S/C14H21ClN2O2/c1-9(13(18)17-14(2,3)4)16-10-6-7-12(19-5)11(15)8-10/h6-9,16H,1-5H3,(H,17,18). The molecule has 4 nitrogen and oxygen atoms in total. The van der Waals surface area contributed by atoms with Crippen molar-refractivity contribution in [1.29, 1.82) is 0 Å². The smallest absolute Gasteiger partial charge is 0.242 e. The van der Waals surface area contributed by atoms with Crippen LogP contribution < -0.4 is 15.4 Å². The van der Waals surface area contributed by atoms with Crippen molar-refractivity contribution < 1.29 is 9.53 Å². The van der Waals surface area contributed by atoms with Crippen molar-refractivity contribution in [3.8, 4) is 5.75 Å². The van der Waals surface area contributed by atoms with Gasteiger partial charge in [0.05, 0.1) is 12.1 Å². The molecule has 0 bridgehead atoms. The maximum atomic E-state index is 11.9. The molecule has 0 aliphatic heterocycles. The molecule has 2 N–H and O–H groups in total. The number of nitrogens with one attached hydrogen (secondary N) is 2. The predicted molar refractivity (Wildman–Crippen MR) is 79.0 cm³/mol. The number of anilines is 1. The number of carbonyl (C=O) groups excluding carboxylic acids is 1. The summed E-state index contributed by atoms with van der Waals surface area (Å²) in [5.74, 6) is 0.554. The summed E-state index contributed by atoms with van der Waals surface area (Å²) in [7, 11) is 1.56. The van der Waals surface area contributed by atoms with Gasteiger partial charge in [0.25, 0.3) is 0 Å². The van der Waals surface area contributed by atoms with Crippen LogP contribution in [0.4, 0.5) is 5.69 Å². The Kier molecular flexibility index (Phi) is 5.06. The van der Waals surface area contributed by atoms with Crippen LogP contribution in [0.2, 0.25) is 5.02 Å². The van der Waals surface area contributed by atoms with Gasteiger partial charge in [-0.25, -0.2) is 0 Å². The maximum absolute atomic E-state index is 11.9. The van der Waals surface area contributed by atoms with E-state index in [1.165, 1.54) is 0 Å². The van der Waals surface area contributed by atoms with E-state index in [-0.39, 0.29) is 17.5 Å². The van der Waals surface area contributed by atoms with Crippen molar-refractivity contribution in [2.45, 2.75) is 39.3 Å². The molecule has 5 heteroatoms. The lowest BCUT2D eigenvalue weighted by Gasteiger charge is -2.24. The van der Waals surface area contributed by atoms with Crippen LogP contribution in [0.1, 0.15) is 27.7 Å². The zero-order valence-electron chi connectivity index (χ0n) is 12.0. The summed E-state index contributed by atoms with van der Waals surface area (Å²) in [5, 5.41) is 6.53. The van der Waals surface area contributed by atoms with Crippen molar-refractivity contribution in [1.82, 2.24) is 5.32 Å². The molecule has 1 aromatic rings. The summed E-state index contributed by atoms with van der Waals surface area (Å²) in [6.07, 6.45) is 0. The number of ether oxygens (including phenoxy) is 1. The fraction of sp³-hybridized carbons (Fsp3) is 0.500. The summed E-state index contributed by atoms with van der Waals surface area (Å²) >= 11 is 6.03. The molecule has 0 saturated carbocycles. The molecule has 0 saturated heterocycles. The van der Waals surface area contributed by atoms with Crippen LogP contribution >= 0.6 is 11.6 Å². The Morgan fingerprint density at radius 2 is 2.00 bits per heavy atom. The molecule has 19 heavy (non-hydrogen) atoms. The van der Waals surface area contributed by atoms with Crippen LogP contribution in [0.5, 0.6) is 5.75 Å². The Labute approximate surface area is 119 Å². The fourth-order valence-electron chi connectivity index (χ4n) is 1.55. The van der Waals surface area contributed by atoms with Crippen molar-refractivity contribution in [2.24, 2.45) is 0 Å². The van der Waals surface area contributed by atoms with Gasteiger partial charge >= 0.3 is 0 Å². The topological polar surface area (TPSA) is 50.4 Å². The second-order valence-electron chi connectivity index (χ2n) is 5.45. The van der Waals surface area contributed by atoms with E-state index in [1.54, 1.807) is 26.2 Å². The highest BCUT2D eigenvalue weighted by atomic mass is 35.5. The molecule has 0 heterocycles. The summed E-state index contributed by atoms with van der Waals surface area (Å²) < 4.78 is 5.08. The molecule has 0 aromatic heterocycles. The van der Waals surface area contributed by atoms with Gasteiger partial charge in [-0.3, -0.25) is 4.79 Å². The minimum Gasteiger partial charge on any atom is -0.495 e. The van der Waals surface area contributed by atoms with Crippen LogP contribution in [-0.4, -0.2) is 24.6 Å². The Balaban J connectivity index is 2.69. The first kappa shape index (κ1) is 15.6. The average molecular weight is 285 g/mol. The number of methoxy groups -OCH3 is 1. The molecule has 1 amide bonds. The molecular weight excluding hydrogens is 264 g/mol. The van der Waals surface area contributed by atoms with Gasteiger partial charge in [-0.1, -0.05) is 11.6 Å². The molecule has 0 aliphatic carbocycles. The minimum atomic E-state index is -0.344. The number of benzene rings is 1. The quantitative estimate of drug-likeness (QED) is 0.893. The van der Waals surface area contributed by atoms with Gasteiger partial charge in [0.1, 0.15) is 11.8 Å². The molecule has 0 radical (unpaired) electrons. The maximum Gasteiger partial charge on any atom is 0.242 e. The zero-order valence-corrected chi connectivity index (χ0v) is 12.8. The third kappa shape index (κ3) is 4.99. The second-order valence-corrected chi connectivity index (χ2v) is 5.86. The minimum absolute atomic E-state index is 0.0561.